The van der Waals surface area contributed by atoms with Crippen LogP contribution in [0.4, 0.5) is 5.82 Å². The maximum absolute atomic E-state index is 12.0. The standard InChI is InChI=1S/C13H15N7O/c1-7-4-11(21)20(8(2)16-7)6-10-17-12(14)9-5-15-19(3)13(9)18-10/h4-5H,6H2,1-3H3,(H2,14,17,18). The Morgan fingerprint density at radius 1 is 1.24 bits per heavy atom. The van der Waals surface area contributed by atoms with Gasteiger partial charge in [0.1, 0.15) is 11.6 Å². The molecule has 0 aromatic carbocycles. The number of aryl methyl sites for hydroxylation is 3. The molecular weight excluding hydrogens is 270 g/mol. The molecule has 0 atom stereocenters. The summed E-state index contributed by atoms with van der Waals surface area (Å²) in [5.41, 5.74) is 7.12. The van der Waals surface area contributed by atoms with Crippen molar-refractivity contribution < 1.29 is 0 Å². The maximum atomic E-state index is 12.0. The zero-order valence-electron chi connectivity index (χ0n) is 12.0. The van der Waals surface area contributed by atoms with Gasteiger partial charge >= 0.3 is 0 Å². The molecule has 0 amide bonds. The Hall–Kier alpha value is -2.77. The van der Waals surface area contributed by atoms with Crippen LogP contribution in [0.2, 0.25) is 0 Å². The third kappa shape index (κ3) is 2.24. The lowest BCUT2D eigenvalue weighted by Gasteiger charge is -2.09. The summed E-state index contributed by atoms with van der Waals surface area (Å²) >= 11 is 0. The molecule has 8 heteroatoms. The minimum absolute atomic E-state index is 0.132. The topological polar surface area (TPSA) is 105 Å². The summed E-state index contributed by atoms with van der Waals surface area (Å²) in [5.74, 6) is 1.43. The molecule has 0 radical (unpaired) electrons. The second-order valence-corrected chi connectivity index (χ2v) is 4.90. The molecule has 3 heterocycles. The van der Waals surface area contributed by atoms with Crippen molar-refractivity contribution in [3.05, 3.63) is 40.0 Å². The first-order valence-corrected chi connectivity index (χ1v) is 6.45. The van der Waals surface area contributed by atoms with Gasteiger partial charge in [0, 0.05) is 18.8 Å². The van der Waals surface area contributed by atoms with E-state index < -0.39 is 0 Å². The highest BCUT2D eigenvalue weighted by Crippen LogP contribution is 2.16. The summed E-state index contributed by atoms with van der Waals surface area (Å²) < 4.78 is 3.14. The number of anilines is 1. The molecule has 0 aliphatic carbocycles. The summed E-state index contributed by atoms with van der Waals surface area (Å²) in [6.07, 6.45) is 1.62. The van der Waals surface area contributed by atoms with Crippen molar-refractivity contribution in [1.82, 2.24) is 29.3 Å². The van der Waals surface area contributed by atoms with Gasteiger partial charge in [0.05, 0.1) is 18.1 Å². The molecule has 2 N–H and O–H groups in total. The maximum Gasteiger partial charge on any atom is 0.254 e. The molecule has 3 aromatic rings. The van der Waals surface area contributed by atoms with E-state index in [0.717, 1.165) is 0 Å². The molecule has 21 heavy (non-hydrogen) atoms. The van der Waals surface area contributed by atoms with E-state index in [2.05, 4.69) is 20.1 Å². The van der Waals surface area contributed by atoms with Gasteiger partial charge in [0.15, 0.2) is 11.5 Å². The second-order valence-electron chi connectivity index (χ2n) is 4.90. The zero-order valence-corrected chi connectivity index (χ0v) is 12.0. The Balaban J connectivity index is 2.10. The van der Waals surface area contributed by atoms with Crippen LogP contribution in [0.25, 0.3) is 11.0 Å². The summed E-state index contributed by atoms with van der Waals surface area (Å²) in [5, 5.41) is 4.81. The normalized spacial score (nSPS) is 11.2. The van der Waals surface area contributed by atoms with E-state index in [1.807, 2.05) is 0 Å². The number of hydrogen-bond donors (Lipinski definition) is 1. The average Bonchev–Trinajstić information content (AvgIpc) is 2.76. The van der Waals surface area contributed by atoms with Gasteiger partial charge in [0.2, 0.25) is 0 Å². The predicted octanol–water partition coefficient (Wildman–Crippen LogP) is 0.167. The third-order valence-corrected chi connectivity index (χ3v) is 3.29. The Labute approximate surface area is 120 Å². The number of hydrogen-bond acceptors (Lipinski definition) is 6. The van der Waals surface area contributed by atoms with E-state index in [0.29, 0.717) is 34.2 Å². The minimum atomic E-state index is -0.132. The zero-order chi connectivity index (χ0) is 15.1. The van der Waals surface area contributed by atoms with Gasteiger partial charge in [-0.1, -0.05) is 0 Å². The van der Waals surface area contributed by atoms with Gasteiger partial charge in [0.25, 0.3) is 5.56 Å². The van der Waals surface area contributed by atoms with E-state index in [1.165, 1.54) is 10.6 Å². The van der Waals surface area contributed by atoms with Crippen LogP contribution >= 0.6 is 0 Å². The van der Waals surface area contributed by atoms with Crippen molar-refractivity contribution in [3.63, 3.8) is 0 Å². The summed E-state index contributed by atoms with van der Waals surface area (Å²) in [4.78, 5) is 25.0. The van der Waals surface area contributed by atoms with Gasteiger partial charge in [-0.25, -0.2) is 15.0 Å². The number of nitrogen functional groups attached to an aromatic ring is 1. The molecule has 0 spiro atoms. The highest BCUT2D eigenvalue weighted by atomic mass is 16.1. The van der Waals surface area contributed by atoms with Crippen LogP contribution in [-0.2, 0) is 13.6 Å². The predicted molar refractivity (Wildman–Crippen MR) is 77.8 cm³/mol. The Kier molecular flexibility index (Phi) is 2.93. The number of fused-ring (bicyclic) bond motifs is 1. The van der Waals surface area contributed by atoms with Crippen LogP contribution in [0.3, 0.4) is 0 Å². The Morgan fingerprint density at radius 3 is 2.71 bits per heavy atom. The van der Waals surface area contributed by atoms with Crippen LogP contribution < -0.4 is 11.3 Å². The number of nitrogens with zero attached hydrogens (tertiary/aromatic N) is 6. The molecule has 108 valence electrons. The first-order valence-electron chi connectivity index (χ1n) is 6.45. The van der Waals surface area contributed by atoms with E-state index >= 15 is 0 Å². The first kappa shape index (κ1) is 13.2. The van der Waals surface area contributed by atoms with Gasteiger partial charge in [-0.3, -0.25) is 14.0 Å². The van der Waals surface area contributed by atoms with Crippen molar-refractivity contribution in [2.45, 2.75) is 20.4 Å². The molecule has 0 fully saturated rings. The lowest BCUT2D eigenvalue weighted by Crippen LogP contribution is -2.25. The molecule has 0 aliphatic rings. The largest absolute Gasteiger partial charge is 0.383 e. The fourth-order valence-electron chi connectivity index (χ4n) is 2.26. The lowest BCUT2D eigenvalue weighted by atomic mass is 10.3. The molecule has 0 saturated heterocycles. The average molecular weight is 285 g/mol. The van der Waals surface area contributed by atoms with Crippen LogP contribution in [-0.4, -0.2) is 29.3 Å². The summed E-state index contributed by atoms with van der Waals surface area (Å²) in [6.45, 7) is 3.79. The number of aromatic nitrogens is 6. The lowest BCUT2D eigenvalue weighted by molar-refractivity contribution is 0.664. The molecule has 8 nitrogen and oxygen atoms in total. The molecule has 0 saturated carbocycles. The Morgan fingerprint density at radius 2 is 2.00 bits per heavy atom. The van der Waals surface area contributed by atoms with Gasteiger partial charge in [-0.05, 0) is 13.8 Å². The van der Waals surface area contributed by atoms with Gasteiger partial charge in [-0.15, -0.1) is 0 Å². The summed E-state index contributed by atoms with van der Waals surface area (Å²) in [7, 11) is 1.78. The van der Waals surface area contributed by atoms with Gasteiger partial charge < -0.3 is 5.73 Å². The summed E-state index contributed by atoms with van der Waals surface area (Å²) in [6, 6.07) is 1.49. The molecule has 3 rings (SSSR count). The van der Waals surface area contributed by atoms with Crippen molar-refractivity contribution in [2.24, 2.45) is 7.05 Å². The van der Waals surface area contributed by atoms with Crippen molar-refractivity contribution in [2.75, 3.05) is 5.73 Å². The first-order chi connectivity index (χ1) is 9.95. The molecule has 0 bridgehead atoms. The van der Waals surface area contributed by atoms with Crippen molar-refractivity contribution >= 4 is 16.9 Å². The molecule has 3 aromatic heterocycles. The van der Waals surface area contributed by atoms with E-state index in [-0.39, 0.29) is 12.1 Å². The molecule has 0 aliphatic heterocycles. The fraction of sp³-hybridized carbons (Fsp3) is 0.308. The van der Waals surface area contributed by atoms with Crippen LogP contribution in [0, 0.1) is 13.8 Å². The van der Waals surface area contributed by atoms with Crippen LogP contribution in [0.5, 0.6) is 0 Å². The third-order valence-electron chi connectivity index (χ3n) is 3.29. The van der Waals surface area contributed by atoms with Crippen LogP contribution in [0.15, 0.2) is 17.1 Å². The number of nitrogens with two attached hydrogens (primary N) is 1. The second kappa shape index (κ2) is 4.65. The smallest absolute Gasteiger partial charge is 0.254 e. The quantitative estimate of drug-likeness (QED) is 0.719. The SMILES string of the molecule is Cc1cc(=O)n(Cc2nc(N)c3cnn(C)c3n2)c(C)n1. The van der Waals surface area contributed by atoms with Crippen molar-refractivity contribution in [1.29, 1.82) is 0 Å². The number of rotatable bonds is 2. The monoisotopic (exact) mass is 285 g/mol. The minimum Gasteiger partial charge on any atom is -0.383 e. The molecule has 0 unspecified atom stereocenters. The van der Waals surface area contributed by atoms with E-state index in [9.17, 15) is 4.79 Å². The van der Waals surface area contributed by atoms with Crippen molar-refractivity contribution in [3.8, 4) is 0 Å². The van der Waals surface area contributed by atoms with Crippen LogP contribution in [0.1, 0.15) is 17.3 Å². The fourth-order valence-corrected chi connectivity index (χ4v) is 2.26. The highest BCUT2D eigenvalue weighted by Gasteiger charge is 2.11. The highest BCUT2D eigenvalue weighted by molar-refractivity contribution is 5.84. The molecular formula is C13H15N7O. The van der Waals surface area contributed by atoms with E-state index in [4.69, 9.17) is 5.73 Å². The van der Waals surface area contributed by atoms with Gasteiger partial charge in [-0.2, -0.15) is 5.10 Å². The van der Waals surface area contributed by atoms with E-state index in [1.54, 1.807) is 31.8 Å². The Bertz CT molecular complexity index is 893.